The lowest BCUT2D eigenvalue weighted by atomic mass is 10.0. The molecule has 2 rings (SSSR count). The minimum atomic E-state index is -0.972. The Kier molecular flexibility index (Phi) is 2.36. The molecule has 0 saturated carbocycles. The van der Waals surface area contributed by atoms with Crippen LogP contribution in [0.15, 0.2) is 18.2 Å². The predicted octanol–water partition coefficient (Wildman–Crippen LogP) is 0.985. The molecule has 0 aromatic heterocycles. The summed E-state index contributed by atoms with van der Waals surface area (Å²) in [4.78, 5) is 10.9. The third-order valence-corrected chi connectivity index (χ3v) is 2.83. The van der Waals surface area contributed by atoms with Gasteiger partial charge in [-0.05, 0) is 18.1 Å². The second kappa shape index (κ2) is 3.55. The van der Waals surface area contributed by atoms with E-state index in [1.807, 2.05) is 0 Å². The molecule has 0 bridgehead atoms. The number of rotatable bonds is 2. The van der Waals surface area contributed by atoms with Crippen LogP contribution in [-0.2, 0) is 11.2 Å². The van der Waals surface area contributed by atoms with Crippen LogP contribution >= 0.6 is 0 Å². The lowest BCUT2D eigenvalue weighted by Crippen LogP contribution is -2.17. The molecule has 0 aliphatic heterocycles. The average molecular weight is 208 g/mol. The molecule has 0 fully saturated rings. The van der Waals surface area contributed by atoms with Crippen molar-refractivity contribution in [1.29, 1.82) is 0 Å². The van der Waals surface area contributed by atoms with E-state index in [4.69, 9.17) is 9.84 Å². The zero-order valence-corrected chi connectivity index (χ0v) is 8.30. The fourth-order valence-corrected chi connectivity index (χ4v) is 2.04. The number of aliphatic hydroxyl groups is 1. The highest BCUT2D eigenvalue weighted by molar-refractivity contribution is 5.73. The molecule has 2 atom stereocenters. The molecular weight excluding hydrogens is 196 g/mol. The molecule has 15 heavy (non-hydrogen) atoms. The molecule has 4 nitrogen and oxygen atoms in total. The summed E-state index contributed by atoms with van der Waals surface area (Å²) in [5.41, 5.74) is 1.47. The monoisotopic (exact) mass is 208 g/mol. The van der Waals surface area contributed by atoms with Gasteiger partial charge < -0.3 is 14.9 Å². The quantitative estimate of drug-likeness (QED) is 0.760. The van der Waals surface area contributed by atoms with Gasteiger partial charge >= 0.3 is 5.97 Å². The van der Waals surface area contributed by atoms with Gasteiger partial charge in [0, 0.05) is 5.56 Å². The molecule has 0 heterocycles. The van der Waals surface area contributed by atoms with Gasteiger partial charge in [-0.15, -0.1) is 0 Å². The third kappa shape index (κ3) is 1.47. The van der Waals surface area contributed by atoms with Crippen molar-refractivity contribution in [3.63, 3.8) is 0 Å². The molecule has 0 amide bonds. The summed E-state index contributed by atoms with van der Waals surface area (Å²) >= 11 is 0. The second-order valence-corrected chi connectivity index (χ2v) is 3.62. The van der Waals surface area contributed by atoms with Crippen molar-refractivity contribution >= 4 is 5.97 Å². The van der Waals surface area contributed by atoms with Crippen LogP contribution in [0.2, 0.25) is 0 Å². The first-order valence-electron chi connectivity index (χ1n) is 4.71. The fraction of sp³-hybridized carbons (Fsp3) is 0.364. The maximum atomic E-state index is 10.9. The first-order chi connectivity index (χ1) is 7.15. The maximum Gasteiger partial charge on any atom is 0.309 e. The van der Waals surface area contributed by atoms with Crippen molar-refractivity contribution in [3.05, 3.63) is 29.3 Å². The lowest BCUT2D eigenvalue weighted by molar-refractivity contribution is -0.145. The van der Waals surface area contributed by atoms with E-state index in [-0.39, 0.29) is 0 Å². The van der Waals surface area contributed by atoms with Gasteiger partial charge in [-0.3, -0.25) is 4.79 Å². The Morgan fingerprint density at radius 2 is 2.27 bits per heavy atom. The normalized spacial score (nSPS) is 23.6. The summed E-state index contributed by atoms with van der Waals surface area (Å²) in [6.45, 7) is 0. The third-order valence-electron chi connectivity index (χ3n) is 2.83. The van der Waals surface area contributed by atoms with Gasteiger partial charge in [0.15, 0.2) is 0 Å². The van der Waals surface area contributed by atoms with Crippen LogP contribution in [0.5, 0.6) is 5.75 Å². The van der Waals surface area contributed by atoms with Gasteiger partial charge in [0.2, 0.25) is 0 Å². The Bertz CT molecular complexity index is 400. The van der Waals surface area contributed by atoms with Crippen LogP contribution in [0.4, 0.5) is 0 Å². The molecule has 2 unspecified atom stereocenters. The largest absolute Gasteiger partial charge is 0.496 e. The Hall–Kier alpha value is -1.55. The molecule has 1 aliphatic rings. The van der Waals surface area contributed by atoms with Gasteiger partial charge in [0.25, 0.3) is 0 Å². The lowest BCUT2D eigenvalue weighted by Gasteiger charge is -2.09. The number of fused-ring (bicyclic) bond motifs is 1. The number of carboxylic acid groups (broad SMARTS) is 1. The summed E-state index contributed by atoms with van der Waals surface area (Å²) < 4.78 is 5.13. The second-order valence-electron chi connectivity index (χ2n) is 3.62. The van der Waals surface area contributed by atoms with E-state index in [1.165, 1.54) is 7.11 Å². The molecule has 1 aliphatic carbocycles. The van der Waals surface area contributed by atoms with Crippen LogP contribution in [0.3, 0.4) is 0 Å². The highest BCUT2D eigenvalue weighted by Crippen LogP contribution is 2.40. The van der Waals surface area contributed by atoms with Crippen molar-refractivity contribution < 1.29 is 19.7 Å². The number of benzene rings is 1. The van der Waals surface area contributed by atoms with Crippen molar-refractivity contribution in [2.24, 2.45) is 5.92 Å². The van der Waals surface area contributed by atoms with Gasteiger partial charge in [-0.1, -0.05) is 12.1 Å². The van der Waals surface area contributed by atoms with E-state index in [0.29, 0.717) is 17.7 Å². The van der Waals surface area contributed by atoms with Crippen LogP contribution in [0, 0.1) is 5.92 Å². The van der Waals surface area contributed by atoms with Crippen molar-refractivity contribution in [3.8, 4) is 5.75 Å². The molecule has 2 N–H and O–H groups in total. The number of methoxy groups -OCH3 is 1. The zero-order chi connectivity index (χ0) is 11.0. The molecule has 0 saturated heterocycles. The summed E-state index contributed by atoms with van der Waals surface area (Å²) in [5, 5.41) is 18.7. The molecule has 1 aromatic rings. The Labute approximate surface area is 87.1 Å². The smallest absolute Gasteiger partial charge is 0.309 e. The number of carbonyl (C=O) groups is 1. The van der Waals surface area contributed by atoms with Crippen LogP contribution in [-0.4, -0.2) is 23.3 Å². The maximum absolute atomic E-state index is 10.9. The average Bonchev–Trinajstić information content (AvgIpc) is 2.56. The molecule has 0 spiro atoms. The molecule has 4 heteroatoms. The number of aliphatic hydroxyl groups excluding tert-OH is 1. The van der Waals surface area contributed by atoms with Gasteiger partial charge in [-0.2, -0.15) is 0 Å². The Balaban J connectivity index is 2.44. The zero-order valence-electron chi connectivity index (χ0n) is 8.30. The van der Waals surface area contributed by atoms with E-state index in [1.54, 1.807) is 18.2 Å². The Morgan fingerprint density at radius 3 is 2.87 bits per heavy atom. The van der Waals surface area contributed by atoms with Gasteiger partial charge in [-0.25, -0.2) is 0 Å². The summed E-state index contributed by atoms with van der Waals surface area (Å²) in [6.07, 6.45) is -0.594. The molecule has 0 radical (unpaired) electrons. The number of carboxylic acids is 1. The van der Waals surface area contributed by atoms with Crippen LogP contribution in [0.25, 0.3) is 0 Å². The minimum absolute atomic E-state index is 0.329. The van der Waals surface area contributed by atoms with Crippen molar-refractivity contribution in [2.75, 3.05) is 7.11 Å². The first-order valence-corrected chi connectivity index (χ1v) is 4.71. The van der Waals surface area contributed by atoms with Crippen LogP contribution < -0.4 is 4.74 Å². The SMILES string of the molecule is COc1cccc2c1CC(C(=O)O)C2O. The summed E-state index contributed by atoms with van der Waals surface area (Å²) in [5.74, 6) is -1.08. The number of ether oxygens (including phenoxy) is 1. The fourth-order valence-electron chi connectivity index (χ4n) is 2.04. The highest BCUT2D eigenvalue weighted by Gasteiger charge is 2.37. The molecule has 1 aromatic carbocycles. The number of aliphatic carboxylic acids is 1. The van der Waals surface area contributed by atoms with Crippen molar-refractivity contribution in [1.82, 2.24) is 0 Å². The standard InChI is InChI=1S/C11H12O4/c1-15-9-4-2-3-6-7(9)5-8(10(6)12)11(13)14/h2-4,8,10,12H,5H2,1H3,(H,13,14). The molecule has 80 valence electrons. The predicted molar refractivity (Wildman–Crippen MR) is 52.8 cm³/mol. The van der Waals surface area contributed by atoms with Gasteiger partial charge in [0.05, 0.1) is 19.1 Å². The summed E-state index contributed by atoms with van der Waals surface area (Å²) in [6, 6.07) is 5.27. The van der Waals surface area contributed by atoms with E-state index in [2.05, 4.69) is 0 Å². The molecular formula is C11H12O4. The summed E-state index contributed by atoms with van der Waals surface area (Å²) in [7, 11) is 1.54. The van der Waals surface area contributed by atoms with E-state index in [9.17, 15) is 9.90 Å². The number of hydrogen-bond acceptors (Lipinski definition) is 3. The van der Waals surface area contributed by atoms with E-state index >= 15 is 0 Å². The van der Waals surface area contributed by atoms with E-state index in [0.717, 1.165) is 5.56 Å². The highest BCUT2D eigenvalue weighted by atomic mass is 16.5. The Morgan fingerprint density at radius 1 is 1.53 bits per heavy atom. The topological polar surface area (TPSA) is 66.8 Å². The van der Waals surface area contributed by atoms with Gasteiger partial charge in [0.1, 0.15) is 5.75 Å². The van der Waals surface area contributed by atoms with E-state index < -0.39 is 18.0 Å². The minimum Gasteiger partial charge on any atom is -0.496 e. The van der Waals surface area contributed by atoms with Crippen LogP contribution in [0.1, 0.15) is 17.2 Å². The number of hydrogen-bond donors (Lipinski definition) is 2. The van der Waals surface area contributed by atoms with Crippen molar-refractivity contribution in [2.45, 2.75) is 12.5 Å². The first kappa shape index (κ1) is 9.98.